The Morgan fingerprint density at radius 2 is 1.89 bits per heavy atom. The Bertz CT molecular complexity index is 873. The number of rotatable bonds is 7. The van der Waals surface area contributed by atoms with Crippen LogP contribution in [0.15, 0.2) is 46.2 Å². The van der Waals surface area contributed by atoms with Crippen LogP contribution in [0.4, 0.5) is 17.1 Å². The van der Waals surface area contributed by atoms with Crippen LogP contribution in [0.5, 0.6) is 0 Å². The average molecular weight is 440 g/mol. The van der Waals surface area contributed by atoms with Gasteiger partial charge < -0.3 is 4.74 Å². The van der Waals surface area contributed by atoms with E-state index in [1.54, 1.807) is 16.2 Å². The summed E-state index contributed by atoms with van der Waals surface area (Å²) in [4.78, 5) is 14.1. The van der Waals surface area contributed by atoms with Crippen molar-refractivity contribution in [2.24, 2.45) is 0 Å². The van der Waals surface area contributed by atoms with Gasteiger partial charge in [0.05, 0.1) is 25.5 Å². The van der Waals surface area contributed by atoms with Crippen LogP contribution in [0.25, 0.3) is 0 Å². The van der Waals surface area contributed by atoms with Crippen molar-refractivity contribution < 1.29 is 9.53 Å². The summed E-state index contributed by atoms with van der Waals surface area (Å²) in [5.74, 6) is -0.163. The van der Waals surface area contributed by atoms with Crippen molar-refractivity contribution in [3.63, 3.8) is 0 Å². The summed E-state index contributed by atoms with van der Waals surface area (Å²) in [7, 11) is 3.96. The lowest BCUT2D eigenvalue weighted by Gasteiger charge is -2.32. The van der Waals surface area contributed by atoms with Gasteiger partial charge >= 0.3 is 5.97 Å². The largest absolute Gasteiger partial charge is 0.415 e. The molecule has 1 heterocycles. The molecule has 0 radical (unpaired) electrons. The second kappa shape index (κ2) is 8.95. The lowest BCUT2D eigenvalue weighted by molar-refractivity contribution is -0.147. The number of hydrogen-bond acceptors (Lipinski definition) is 4. The van der Waals surface area contributed by atoms with Gasteiger partial charge in [-0.3, -0.25) is 13.7 Å². The topological polar surface area (TPSA) is 29.5 Å². The first-order valence-electron chi connectivity index (χ1n) is 9.39. The van der Waals surface area contributed by atoms with Crippen LogP contribution < -0.4 is 8.90 Å². The van der Waals surface area contributed by atoms with Gasteiger partial charge in [0, 0.05) is 34.1 Å². The quantitative estimate of drug-likeness (QED) is 0.157. The molecular weight excluding hydrogens is 415 g/mol. The maximum Gasteiger partial charge on any atom is 0.310 e. The lowest BCUT2D eigenvalue weighted by atomic mass is 10.2. The third-order valence-corrected chi connectivity index (χ3v) is 6.50. The molecule has 0 aromatic heterocycles. The van der Waals surface area contributed by atoms with Crippen molar-refractivity contribution >= 4 is 58.2 Å². The Kier molecular flexibility index (Phi) is 6.81. The van der Waals surface area contributed by atoms with Gasteiger partial charge in [-0.2, -0.15) is 0 Å². The molecule has 1 aliphatic heterocycles. The molecule has 28 heavy (non-hydrogen) atoms. The first kappa shape index (κ1) is 21.3. The van der Waals surface area contributed by atoms with Gasteiger partial charge in [0.2, 0.25) is 6.73 Å². The lowest BCUT2D eigenvalue weighted by Crippen LogP contribution is -2.43. The molecule has 1 aliphatic rings. The van der Waals surface area contributed by atoms with E-state index in [4.69, 9.17) is 28.1 Å². The van der Waals surface area contributed by atoms with Crippen molar-refractivity contribution in [1.82, 2.24) is 4.48 Å². The molecule has 0 fully saturated rings. The number of para-hydroxylation sites is 1. The molecule has 2 aromatic rings. The van der Waals surface area contributed by atoms with Crippen molar-refractivity contribution in [3.05, 3.63) is 41.4 Å². The van der Waals surface area contributed by atoms with E-state index < -0.39 is 0 Å². The van der Waals surface area contributed by atoms with Crippen LogP contribution in [0.3, 0.4) is 0 Å². The van der Waals surface area contributed by atoms with Gasteiger partial charge in [0.25, 0.3) is 0 Å². The van der Waals surface area contributed by atoms with Gasteiger partial charge in [-0.1, -0.05) is 55.3 Å². The molecule has 0 bridgehead atoms. The van der Waals surface area contributed by atoms with Gasteiger partial charge in [-0.05, 0) is 24.6 Å². The minimum atomic E-state index is -0.163. The molecular formula is C21H25Cl2N2O2S+. The number of carbonyl (C=O) groups is 1. The molecule has 150 valence electrons. The highest BCUT2D eigenvalue weighted by atomic mass is 35.5. The summed E-state index contributed by atoms with van der Waals surface area (Å²) in [6.07, 6.45) is 3.44. The zero-order valence-electron chi connectivity index (χ0n) is 16.4. The second-order valence-corrected chi connectivity index (χ2v) is 9.24. The number of nitrogens with zero attached hydrogens (tertiary/aromatic N) is 2. The number of ether oxygens (including phenoxy) is 1. The molecule has 0 unspecified atom stereocenters. The van der Waals surface area contributed by atoms with E-state index in [0.29, 0.717) is 15.9 Å². The number of fused-ring (bicyclic) bond motifs is 2. The Morgan fingerprint density at radius 3 is 2.64 bits per heavy atom. The second-order valence-electron chi connectivity index (χ2n) is 7.41. The standard InChI is InChI=1S/C21H25Cl2N2O2S/c1-4-5-6-11-21(26)27-14-25(2,3)18-13-20-17(12-15(18)22)24(23)16-9-7-8-10-19(16)28-20/h7-10,12-13H,4-6,11,14H2,1-3H3/q+1. The van der Waals surface area contributed by atoms with Crippen LogP contribution in [0.1, 0.15) is 32.6 Å². The number of hydrogen-bond donors (Lipinski definition) is 0. The molecule has 0 atom stereocenters. The van der Waals surface area contributed by atoms with Crippen LogP contribution in [-0.4, -0.2) is 26.8 Å². The average Bonchev–Trinajstić information content (AvgIpc) is 2.67. The Labute approximate surface area is 181 Å². The molecule has 0 saturated carbocycles. The fraction of sp³-hybridized carbons (Fsp3) is 0.381. The highest BCUT2D eigenvalue weighted by molar-refractivity contribution is 7.99. The zero-order chi connectivity index (χ0) is 20.3. The first-order valence-corrected chi connectivity index (χ1v) is 10.9. The number of carbonyl (C=O) groups excluding carboxylic acids is 1. The molecule has 2 aromatic carbocycles. The normalized spacial score (nSPS) is 13.1. The molecule has 0 saturated heterocycles. The number of quaternary nitrogens is 1. The molecule has 0 N–H and O–H groups in total. The van der Waals surface area contributed by atoms with Gasteiger partial charge in [0.15, 0.2) is 5.69 Å². The maximum atomic E-state index is 12.0. The highest BCUT2D eigenvalue weighted by Crippen LogP contribution is 2.51. The van der Waals surface area contributed by atoms with E-state index in [-0.39, 0.29) is 12.7 Å². The number of unbranched alkanes of at least 4 members (excludes halogenated alkanes) is 2. The molecule has 0 amide bonds. The van der Waals surface area contributed by atoms with Crippen LogP contribution >= 0.6 is 35.1 Å². The van der Waals surface area contributed by atoms with Crippen LogP contribution in [0, 0.1) is 0 Å². The minimum absolute atomic E-state index is 0.163. The SMILES string of the molecule is CCCCCC(=O)OC[N+](C)(C)c1cc2c(cc1Cl)N(Cl)c1ccccc1S2. The van der Waals surface area contributed by atoms with E-state index in [9.17, 15) is 4.79 Å². The van der Waals surface area contributed by atoms with Crippen molar-refractivity contribution in [1.29, 1.82) is 0 Å². The first-order chi connectivity index (χ1) is 13.3. The number of benzene rings is 2. The summed E-state index contributed by atoms with van der Waals surface area (Å²) in [5.41, 5.74) is 2.69. The summed E-state index contributed by atoms with van der Waals surface area (Å²) in [5, 5.41) is 0.594. The molecule has 0 spiro atoms. The Balaban J connectivity index is 1.79. The number of anilines is 2. The Hall–Kier alpha value is -1.40. The zero-order valence-corrected chi connectivity index (χ0v) is 18.7. The van der Waals surface area contributed by atoms with E-state index in [1.165, 1.54) is 0 Å². The number of halogens is 2. The fourth-order valence-electron chi connectivity index (χ4n) is 3.08. The van der Waals surface area contributed by atoms with E-state index >= 15 is 0 Å². The van der Waals surface area contributed by atoms with E-state index in [2.05, 4.69) is 6.92 Å². The minimum Gasteiger partial charge on any atom is -0.415 e. The Morgan fingerprint density at radius 1 is 1.14 bits per heavy atom. The van der Waals surface area contributed by atoms with Crippen LogP contribution in [0.2, 0.25) is 5.02 Å². The monoisotopic (exact) mass is 439 g/mol. The fourth-order valence-corrected chi connectivity index (χ4v) is 4.93. The molecule has 4 nitrogen and oxygen atoms in total. The summed E-state index contributed by atoms with van der Waals surface area (Å²) in [6.45, 7) is 2.34. The third-order valence-electron chi connectivity index (χ3n) is 4.72. The molecule has 7 heteroatoms. The third kappa shape index (κ3) is 4.60. The van der Waals surface area contributed by atoms with Crippen molar-refractivity contribution in [2.45, 2.75) is 42.4 Å². The maximum absolute atomic E-state index is 12.0. The van der Waals surface area contributed by atoms with Crippen molar-refractivity contribution in [2.75, 3.05) is 25.2 Å². The van der Waals surface area contributed by atoms with E-state index in [1.807, 2.05) is 50.5 Å². The number of esters is 1. The highest BCUT2D eigenvalue weighted by Gasteiger charge is 2.30. The predicted molar refractivity (Wildman–Crippen MR) is 119 cm³/mol. The van der Waals surface area contributed by atoms with Gasteiger partial charge in [-0.15, -0.1) is 0 Å². The molecule has 0 aliphatic carbocycles. The van der Waals surface area contributed by atoms with E-state index in [0.717, 1.165) is 46.1 Å². The summed E-state index contributed by atoms with van der Waals surface area (Å²) >= 11 is 14.8. The van der Waals surface area contributed by atoms with Crippen molar-refractivity contribution in [3.8, 4) is 0 Å². The summed E-state index contributed by atoms with van der Waals surface area (Å²) < 4.78 is 7.50. The van der Waals surface area contributed by atoms with Crippen LogP contribution in [-0.2, 0) is 9.53 Å². The summed E-state index contributed by atoms with van der Waals surface area (Å²) in [6, 6.07) is 11.9. The predicted octanol–water partition coefficient (Wildman–Crippen LogP) is 6.74. The van der Waals surface area contributed by atoms with Gasteiger partial charge in [0.1, 0.15) is 5.02 Å². The van der Waals surface area contributed by atoms with Gasteiger partial charge in [-0.25, -0.2) is 0 Å². The molecule has 3 rings (SSSR count). The smallest absolute Gasteiger partial charge is 0.310 e.